The first-order valence-corrected chi connectivity index (χ1v) is 9.17. The van der Waals surface area contributed by atoms with E-state index in [0.717, 1.165) is 35.4 Å². The van der Waals surface area contributed by atoms with E-state index in [4.69, 9.17) is 9.26 Å². The zero-order valence-corrected chi connectivity index (χ0v) is 14.9. The van der Waals surface area contributed by atoms with Gasteiger partial charge in [0.1, 0.15) is 5.75 Å². The molecule has 1 saturated carbocycles. The van der Waals surface area contributed by atoms with E-state index >= 15 is 0 Å². The smallest absolute Gasteiger partial charge is 0.246 e. The van der Waals surface area contributed by atoms with Gasteiger partial charge in [0.05, 0.1) is 12.6 Å². The maximum absolute atomic E-state index is 6.05. The monoisotopic (exact) mass is 349 g/mol. The minimum Gasteiger partial charge on any atom is -0.490 e. The molecule has 1 aliphatic rings. The van der Waals surface area contributed by atoms with Crippen LogP contribution in [0.3, 0.4) is 0 Å². The van der Waals surface area contributed by atoms with Crippen LogP contribution in [0.25, 0.3) is 11.4 Å². The number of nitrogens with one attached hydrogen (secondary N) is 1. The van der Waals surface area contributed by atoms with E-state index in [-0.39, 0.29) is 0 Å². The second-order valence-corrected chi connectivity index (χ2v) is 6.73. The predicted octanol–water partition coefficient (Wildman–Crippen LogP) is 4.98. The molecule has 0 spiro atoms. The summed E-state index contributed by atoms with van der Waals surface area (Å²) < 4.78 is 11.4. The van der Waals surface area contributed by atoms with Crippen molar-refractivity contribution in [3.8, 4) is 17.1 Å². The van der Waals surface area contributed by atoms with Crippen LogP contribution >= 0.6 is 0 Å². The van der Waals surface area contributed by atoms with Crippen LogP contribution in [0.15, 0.2) is 53.1 Å². The van der Waals surface area contributed by atoms with Crippen LogP contribution in [0.2, 0.25) is 0 Å². The molecule has 3 aromatic rings. The summed E-state index contributed by atoms with van der Waals surface area (Å²) in [6, 6.07) is 16.1. The fourth-order valence-corrected chi connectivity index (χ4v) is 3.32. The number of ether oxygens (including phenoxy) is 1. The van der Waals surface area contributed by atoms with Gasteiger partial charge in [-0.2, -0.15) is 4.98 Å². The van der Waals surface area contributed by atoms with E-state index in [2.05, 4.69) is 15.5 Å². The standard InChI is InChI=1S/C21H23N3O2/c1-15-7-2-5-12-19(15)21-23-20(26-24-21)14-22-16-8-6-11-18(13-16)25-17-9-3-4-10-17/h2,5-8,11-13,17,22H,3-4,9-10,14H2,1H3. The number of anilines is 1. The molecular weight excluding hydrogens is 326 g/mol. The lowest BCUT2D eigenvalue weighted by atomic mass is 10.1. The highest BCUT2D eigenvalue weighted by molar-refractivity contribution is 5.59. The van der Waals surface area contributed by atoms with Crippen LogP contribution in [0.5, 0.6) is 5.75 Å². The maximum Gasteiger partial charge on any atom is 0.246 e. The number of rotatable bonds is 6. The first-order chi connectivity index (χ1) is 12.8. The van der Waals surface area contributed by atoms with Gasteiger partial charge in [-0.3, -0.25) is 0 Å². The average molecular weight is 349 g/mol. The number of benzene rings is 2. The Balaban J connectivity index is 1.39. The van der Waals surface area contributed by atoms with Crippen LogP contribution in [0.4, 0.5) is 5.69 Å². The van der Waals surface area contributed by atoms with Gasteiger partial charge in [-0.1, -0.05) is 35.5 Å². The van der Waals surface area contributed by atoms with Crippen LogP contribution in [-0.2, 0) is 6.54 Å². The normalized spacial score (nSPS) is 14.5. The second kappa shape index (κ2) is 7.60. The van der Waals surface area contributed by atoms with Crippen molar-refractivity contribution in [3.05, 3.63) is 60.0 Å². The lowest BCUT2D eigenvalue weighted by Gasteiger charge is -2.14. The van der Waals surface area contributed by atoms with Gasteiger partial charge in [0.25, 0.3) is 0 Å². The third kappa shape index (κ3) is 3.87. The first kappa shape index (κ1) is 16.6. The van der Waals surface area contributed by atoms with Crippen molar-refractivity contribution in [1.82, 2.24) is 10.1 Å². The van der Waals surface area contributed by atoms with E-state index in [0.29, 0.717) is 24.4 Å². The number of hydrogen-bond donors (Lipinski definition) is 1. The molecule has 0 radical (unpaired) electrons. The van der Waals surface area contributed by atoms with E-state index in [9.17, 15) is 0 Å². The summed E-state index contributed by atoms with van der Waals surface area (Å²) >= 11 is 0. The highest BCUT2D eigenvalue weighted by Gasteiger charge is 2.16. The fraction of sp³-hybridized carbons (Fsp3) is 0.333. The average Bonchev–Trinajstić information content (AvgIpc) is 3.33. The van der Waals surface area contributed by atoms with Gasteiger partial charge in [0.2, 0.25) is 11.7 Å². The molecule has 0 bridgehead atoms. The minimum absolute atomic E-state index is 0.359. The van der Waals surface area contributed by atoms with Gasteiger partial charge in [-0.05, 0) is 50.3 Å². The summed E-state index contributed by atoms with van der Waals surface area (Å²) in [7, 11) is 0. The SMILES string of the molecule is Cc1ccccc1-c1noc(CNc2cccc(OC3CCCC3)c2)n1. The second-order valence-electron chi connectivity index (χ2n) is 6.73. The predicted molar refractivity (Wildman–Crippen MR) is 101 cm³/mol. The Labute approximate surface area is 153 Å². The largest absolute Gasteiger partial charge is 0.490 e. The molecule has 5 nitrogen and oxygen atoms in total. The van der Waals surface area contributed by atoms with Gasteiger partial charge in [0, 0.05) is 17.3 Å². The Hall–Kier alpha value is -2.82. The lowest BCUT2D eigenvalue weighted by Crippen LogP contribution is -2.11. The first-order valence-electron chi connectivity index (χ1n) is 9.17. The van der Waals surface area contributed by atoms with Crippen LogP contribution in [0.1, 0.15) is 37.1 Å². The molecule has 0 saturated heterocycles. The quantitative estimate of drug-likeness (QED) is 0.680. The lowest BCUT2D eigenvalue weighted by molar-refractivity contribution is 0.210. The Kier molecular flexibility index (Phi) is 4.86. The zero-order chi connectivity index (χ0) is 17.8. The summed E-state index contributed by atoms with van der Waals surface area (Å²) in [5.41, 5.74) is 3.11. The van der Waals surface area contributed by atoms with Crippen molar-refractivity contribution in [1.29, 1.82) is 0 Å². The van der Waals surface area contributed by atoms with Crippen molar-refractivity contribution < 1.29 is 9.26 Å². The van der Waals surface area contributed by atoms with Crippen molar-refractivity contribution in [2.45, 2.75) is 45.3 Å². The molecule has 134 valence electrons. The van der Waals surface area contributed by atoms with Gasteiger partial charge in [0.15, 0.2) is 0 Å². The number of nitrogens with zero attached hydrogens (tertiary/aromatic N) is 2. The fourth-order valence-electron chi connectivity index (χ4n) is 3.32. The molecule has 0 aliphatic heterocycles. The maximum atomic E-state index is 6.05. The third-order valence-corrected chi connectivity index (χ3v) is 4.74. The summed E-state index contributed by atoms with van der Waals surface area (Å²) in [6.07, 6.45) is 5.20. The number of aryl methyl sites for hydroxylation is 1. The Morgan fingerprint density at radius 2 is 1.96 bits per heavy atom. The molecule has 1 aromatic heterocycles. The Morgan fingerprint density at radius 3 is 2.81 bits per heavy atom. The molecule has 0 atom stereocenters. The third-order valence-electron chi connectivity index (χ3n) is 4.74. The molecule has 1 N–H and O–H groups in total. The van der Waals surface area contributed by atoms with Gasteiger partial charge >= 0.3 is 0 Å². The summed E-state index contributed by atoms with van der Waals surface area (Å²) in [6.45, 7) is 2.52. The topological polar surface area (TPSA) is 60.2 Å². The highest BCUT2D eigenvalue weighted by Crippen LogP contribution is 2.26. The number of aromatic nitrogens is 2. The minimum atomic E-state index is 0.359. The molecule has 26 heavy (non-hydrogen) atoms. The van der Waals surface area contributed by atoms with Crippen molar-refractivity contribution in [3.63, 3.8) is 0 Å². The van der Waals surface area contributed by atoms with Crippen molar-refractivity contribution in [2.75, 3.05) is 5.32 Å². The molecule has 5 heteroatoms. The summed E-state index contributed by atoms with van der Waals surface area (Å²) in [5.74, 6) is 2.09. The van der Waals surface area contributed by atoms with E-state index in [1.165, 1.54) is 12.8 Å². The highest BCUT2D eigenvalue weighted by atomic mass is 16.5. The van der Waals surface area contributed by atoms with Gasteiger partial charge < -0.3 is 14.6 Å². The Bertz CT molecular complexity index is 869. The molecule has 0 amide bonds. The summed E-state index contributed by atoms with van der Waals surface area (Å²) in [5, 5.41) is 7.42. The molecule has 0 unspecified atom stereocenters. The molecule has 2 aromatic carbocycles. The Morgan fingerprint density at radius 1 is 1.12 bits per heavy atom. The van der Waals surface area contributed by atoms with Gasteiger partial charge in [-0.25, -0.2) is 0 Å². The molecule has 4 rings (SSSR count). The number of hydrogen-bond acceptors (Lipinski definition) is 5. The summed E-state index contributed by atoms with van der Waals surface area (Å²) in [4.78, 5) is 4.49. The van der Waals surface area contributed by atoms with Crippen LogP contribution < -0.4 is 10.1 Å². The molecule has 1 fully saturated rings. The van der Waals surface area contributed by atoms with E-state index in [1.54, 1.807) is 0 Å². The molecular formula is C21H23N3O2. The van der Waals surface area contributed by atoms with Gasteiger partial charge in [-0.15, -0.1) is 0 Å². The van der Waals surface area contributed by atoms with Crippen molar-refractivity contribution >= 4 is 5.69 Å². The molecule has 1 aliphatic carbocycles. The van der Waals surface area contributed by atoms with Crippen LogP contribution in [0, 0.1) is 6.92 Å². The molecule has 1 heterocycles. The van der Waals surface area contributed by atoms with E-state index in [1.807, 2.05) is 55.5 Å². The van der Waals surface area contributed by atoms with Crippen LogP contribution in [-0.4, -0.2) is 16.2 Å². The van der Waals surface area contributed by atoms with Crippen molar-refractivity contribution in [2.24, 2.45) is 0 Å². The van der Waals surface area contributed by atoms with E-state index < -0.39 is 0 Å². The zero-order valence-electron chi connectivity index (χ0n) is 14.9.